The monoisotopic (exact) mass is 274 g/mol. The Morgan fingerprint density at radius 3 is 2.89 bits per heavy atom. The molecule has 0 radical (unpaired) electrons. The van der Waals surface area contributed by atoms with Gasteiger partial charge in [-0.2, -0.15) is 0 Å². The largest absolute Gasteiger partial charge is 0.339 e. The van der Waals surface area contributed by atoms with E-state index in [4.69, 9.17) is 0 Å². The summed E-state index contributed by atoms with van der Waals surface area (Å²) in [4.78, 5) is 13.9. The number of hydrogen-bond donors (Lipinski definition) is 1. The highest BCUT2D eigenvalue weighted by Crippen LogP contribution is 2.28. The number of likely N-dealkylation sites (tertiary alicyclic amines) is 1. The van der Waals surface area contributed by atoms with Crippen molar-refractivity contribution in [3.8, 4) is 0 Å². The number of amides is 1. The first-order valence-electron chi connectivity index (χ1n) is 6.65. The van der Waals surface area contributed by atoms with E-state index in [1.54, 1.807) is 0 Å². The van der Waals surface area contributed by atoms with E-state index in [1.807, 2.05) is 4.90 Å². The number of hydrogen-bond acceptors (Lipinski definition) is 4. The highest BCUT2D eigenvalue weighted by Gasteiger charge is 2.36. The molecule has 104 valence electrons. The van der Waals surface area contributed by atoms with Crippen LogP contribution in [0, 0.1) is 5.92 Å². The van der Waals surface area contributed by atoms with E-state index in [0.717, 1.165) is 25.9 Å². The third-order valence-electron chi connectivity index (χ3n) is 3.93. The summed E-state index contributed by atoms with van der Waals surface area (Å²) in [5, 5.41) is 3.37. The van der Waals surface area contributed by atoms with E-state index < -0.39 is 9.84 Å². The van der Waals surface area contributed by atoms with Crippen molar-refractivity contribution in [2.24, 2.45) is 5.92 Å². The second-order valence-electron chi connectivity index (χ2n) is 5.43. The molecule has 2 heterocycles. The van der Waals surface area contributed by atoms with Crippen LogP contribution < -0.4 is 5.32 Å². The van der Waals surface area contributed by atoms with Crippen LogP contribution in [0.1, 0.15) is 25.7 Å². The lowest BCUT2D eigenvalue weighted by Crippen LogP contribution is -2.55. The Bertz CT molecular complexity index is 408. The Morgan fingerprint density at radius 2 is 2.17 bits per heavy atom. The molecule has 2 fully saturated rings. The number of carbonyl (C=O) groups is 1. The van der Waals surface area contributed by atoms with E-state index in [2.05, 4.69) is 5.32 Å². The lowest BCUT2D eigenvalue weighted by Gasteiger charge is -2.44. The molecule has 0 aliphatic carbocycles. The SMILES string of the molecule is CS(=O)(=O)CCCN1C(=O)CCC2CNCCC21. The number of nitrogens with zero attached hydrogens (tertiary/aromatic N) is 1. The van der Waals surface area contributed by atoms with Crippen LogP contribution in [0.3, 0.4) is 0 Å². The van der Waals surface area contributed by atoms with E-state index in [1.165, 1.54) is 6.26 Å². The summed E-state index contributed by atoms with van der Waals surface area (Å²) < 4.78 is 22.2. The van der Waals surface area contributed by atoms with E-state index in [0.29, 0.717) is 31.3 Å². The first-order valence-corrected chi connectivity index (χ1v) is 8.71. The molecular formula is C12H22N2O3S. The molecule has 0 saturated carbocycles. The Labute approximate surface area is 109 Å². The van der Waals surface area contributed by atoms with Gasteiger partial charge in [0.2, 0.25) is 5.91 Å². The molecule has 5 nitrogen and oxygen atoms in total. The van der Waals surface area contributed by atoms with Gasteiger partial charge in [-0.1, -0.05) is 0 Å². The molecule has 2 aliphatic rings. The summed E-state index contributed by atoms with van der Waals surface area (Å²) in [6.45, 7) is 2.53. The van der Waals surface area contributed by atoms with E-state index >= 15 is 0 Å². The second kappa shape index (κ2) is 5.57. The van der Waals surface area contributed by atoms with Crippen molar-refractivity contribution >= 4 is 15.7 Å². The highest BCUT2D eigenvalue weighted by molar-refractivity contribution is 7.90. The molecule has 2 atom stereocenters. The fraction of sp³-hybridized carbons (Fsp3) is 0.917. The third kappa shape index (κ3) is 3.45. The predicted molar refractivity (Wildman–Crippen MR) is 70.0 cm³/mol. The summed E-state index contributed by atoms with van der Waals surface area (Å²) in [7, 11) is -2.92. The van der Waals surface area contributed by atoms with Crippen LogP contribution in [0.2, 0.25) is 0 Å². The molecule has 2 rings (SSSR count). The van der Waals surface area contributed by atoms with Crippen molar-refractivity contribution in [2.75, 3.05) is 31.6 Å². The zero-order valence-electron chi connectivity index (χ0n) is 10.9. The number of rotatable bonds is 4. The van der Waals surface area contributed by atoms with Crippen LogP contribution in [0.5, 0.6) is 0 Å². The van der Waals surface area contributed by atoms with Crippen LogP contribution in [-0.2, 0) is 14.6 Å². The Kier molecular flexibility index (Phi) is 4.27. The van der Waals surface area contributed by atoms with Gasteiger partial charge in [-0.25, -0.2) is 8.42 Å². The first-order chi connectivity index (χ1) is 8.47. The molecule has 18 heavy (non-hydrogen) atoms. The van der Waals surface area contributed by atoms with Gasteiger partial charge in [-0.05, 0) is 38.3 Å². The maximum atomic E-state index is 12.0. The summed E-state index contributed by atoms with van der Waals surface area (Å²) in [5.74, 6) is 0.924. The van der Waals surface area contributed by atoms with Crippen molar-refractivity contribution in [1.82, 2.24) is 10.2 Å². The first kappa shape index (κ1) is 13.8. The minimum absolute atomic E-state index is 0.173. The number of piperidine rings is 2. The molecule has 0 aromatic heterocycles. The Morgan fingerprint density at radius 1 is 1.39 bits per heavy atom. The molecule has 2 aliphatic heterocycles. The van der Waals surface area contributed by atoms with Crippen LogP contribution in [0.4, 0.5) is 0 Å². The van der Waals surface area contributed by atoms with Gasteiger partial charge in [-0.15, -0.1) is 0 Å². The number of nitrogens with one attached hydrogen (secondary N) is 1. The van der Waals surface area contributed by atoms with Gasteiger partial charge in [0, 0.05) is 25.3 Å². The lowest BCUT2D eigenvalue weighted by atomic mass is 9.84. The van der Waals surface area contributed by atoms with Gasteiger partial charge in [-0.3, -0.25) is 4.79 Å². The molecule has 1 N–H and O–H groups in total. The summed E-state index contributed by atoms with van der Waals surface area (Å²) in [6.07, 6.45) is 4.38. The summed E-state index contributed by atoms with van der Waals surface area (Å²) >= 11 is 0. The zero-order chi connectivity index (χ0) is 13.2. The fourth-order valence-corrected chi connectivity index (χ4v) is 3.69. The van der Waals surface area contributed by atoms with Gasteiger partial charge in [0.25, 0.3) is 0 Å². The van der Waals surface area contributed by atoms with E-state index in [9.17, 15) is 13.2 Å². The van der Waals surface area contributed by atoms with Gasteiger partial charge < -0.3 is 10.2 Å². The smallest absolute Gasteiger partial charge is 0.222 e. The van der Waals surface area contributed by atoms with Gasteiger partial charge in [0.15, 0.2) is 0 Å². The average Bonchev–Trinajstić information content (AvgIpc) is 2.31. The highest BCUT2D eigenvalue weighted by atomic mass is 32.2. The average molecular weight is 274 g/mol. The second-order valence-corrected chi connectivity index (χ2v) is 7.69. The number of fused-ring (bicyclic) bond motifs is 1. The summed E-state index contributed by atoms with van der Waals surface area (Å²) in [6, 6.07) is 0.326. The number of sulfone groups is 1. The minimum Gasteiger partial charge on any atom is -0.339 e. The van der Waals surface area contributed by atoms with Crippen LogP contribution in [0.15, 0.2) is 0 Å². The normalized spacial score (nSPS) is 29.2. The number of carbonyl (C=O) groups excluding carboxylic acids is 1. The molecular weight excluding hydrogens is 252 g/mol. The van der Waals surface area contributed by atoms with Crippen molar-refractivity contribution in [1.29, 1.82) is 0 Å². The van der Waals surface area contributed by atoms with Gasteiger partial charge >= 0.3 is 0 Å². The topological polar surface area (TPSA) is 66.5 Å². The molecule has 2 saturated heterocycles. The molecule has 0 bridgehead atoms. The third-order valence-corrected chi connectivity index (χ3v) is 4.96. The van der Waals surface area contributed by atoms with Gasteiger partial charge in [0.05, 0.1) is 5.75 Å². The summed E-state index contributed by atoms with van der Waals surface area (Å²) in [5.41, 5.74) is 0. The zero-order valence-corrected chi connectivity index (χ0v) is 11.7. The van der Waals surface area contributed by atoms with Crippen LogP contribution in [0.25, 0.3) is 0 Å². The van der Waals surface area contributed by atoms with Gasteiger partial charge in [0.1, 0.15) is 9.84 Å². The molecule has 0 aromatic carbocycles. The van der Waals surface area contributed by atoms with Crippen molar-refractivity contribution in [3.05, 3.63) is 0 Å². The minimum atomic E-state index is -2.92. The Hall–Kier alpha value is -0.620. The quantitative estimate of drug-likeness (QED) is 0.785. The fourth-order valence-electron chi connectivity index (χ4n) is 3.04. The van der Waals surface area contributed by atoms with Crippen molar-refractivity contribution < 1.29 is 13.2 Å². The van der Waals surface area contributed by atoms with Crippen molar-refractivity contribution in [2.45, 2.75) is 31.7 Å². The van der Waals surface area contributed by atoms with Crippen molar-refractivity contribution in [3.63, 3.8) is 0 Å². The lowest BCUT2D eigenvalue weighted by molar-refractivity contribution is -0.139. The van der Waals surface area contributed by atoms with E-state index in [-0.39, 0.29) is 11.7 Å². The molecule has 0 aromatic rings. The maximum absolute atomic E-state index is 12.0. The van der Waals surface area contributed by atoms with Crippen LogP contribution in [-0.4, -0.2) is 56.9 Å². The molecule has 0 spiro atoms. The Balaban J connectivity index is 1.93. The van der Waals surface area contributed by atoms with Crippen LogP contribution >= 0.6 is 0 Å². The predicted octanol–water partition coefficient (Wildman–Crippen LogP) is 0.0216. The molecule has 1 amide bonds. The molecule has 2 unspecified atom stereocenters. The maximum Gasteiger partial charge on any atom is 0.222 e. The standard InChI is InChI=1S/C12H22N2O3S/c1-18(16,17)8-2-7-14-11-5-6-13-9-10(11)3-4-12(14)15/h10-11,13H,2-9H2,1H3. The molecule has 6 heteroatoms.